The number of fused-ring (bicyclic) bond motifs is 3. The average molecular weight is 339 g/mol. The number of nitrogens with zero attached hydrogens (tertiary/aromatic N) is 3. The van der Waals surface area contributed by atoms with E-state index in [0.29, 0.717) is 5.56 Å². The molecule has 2 heterocycles. The van der Waals surface area contributed by atoms with Crippen molar-refractivity contribution in [2.75, 3.05) is 0 Å². The summed E-state index contributed by atoms with van der Waals surface area (Å²) >= 11 is 6.85. The lowest BCUT2D eigenvalue weighted by atomic mass is 10.1. The zero-order valence-corrected chi connectivity index (χ0v) is 14.2. The SMILES string of the molecule is Cc1ccc(C(=O)n2c(=S)nc3sc4cc(C)ccc4n32)cc1. The van der Waals surface area contributed by atoms with Crippen LogP contribution in [-0.4, -0.2) is 20.1 Å². The van der Waals surface area contributed by atoms with E-state index >= 15 is 0 Å². The molecule has 0 amide bonds. The Labute approximate surface area is 141 Å². The van der Waals surface area contributed by atoms with Crippen LogP contribution in [0.5, 0.6) is 0 Å². The summed E-state index contributed by atoms with van der Waals surface area (Å²) < 4.78 is 4.66. The van der Waals surface area contributed by atoms with Crippen LogP contribution in [0.3, 0.4) is 0 Å². The van der Waals surface area contributed by atoms with Crippen LogP contribution >= 0.6 is 23.6 Å². The molecule has 23 heavy (non-hydrogen) atoms. The van der Waals surface area contributed by atoms with Gasteiger partial charge in [0.2, 0.25) is 9.73 Å². The molecule has 114 valence electrons. The Morgan fingerprint density at radius 3 is 2.52 bits per heavy atom. The van der Waals surface area contributed by atoms with Gasteiger partial charge in [-0.1, -0.05) is 35.1 Å². The Kier molecular flexibility index (Phi) is 3.18. The van der Waals surface area contributed by atoms with Crippen molar-refractivity contribution in [1.29, 1.82) is 0 Å². The first-order chi connectivity index (χ1) is 11.0. The van der Waals surface area contributed by atoms with Crippen LogP contribution in [0.25, 0.3) is 15.2 Å². The number of carbonyl (C=O) groups is 1. The highest BCUT2D eigenvalue weighted by Crippen LogP contribution is 2.27. The third-order valence-electron chi connectivity index (χ3n) is 3.79. The fourth-order valence-electron chi connectivity index (χ4n) is 2.60. The third-order valence-corrected chi connectivity index (χ3v) is 5.05. The van der Waals surface area contributed by atoms with E-state index < -0.39 is 0 Å². The van der Waals surface area contributed by atoms with Crippen molar-refractivity contribution >= 4 is 44.6 Å². The summed E-state index contributed by atoms with van der Waals surface area (Å²) in [6.45, 7) is 4.04. The van der Waals surface area contributed by atoms with Crippen molar-refractivity contribution in [3.05, 3.63) is 63.9 Å². The molecule has 0 bridgehead atoms. The zero-order chi connectivity index (χ0) is 16.1. The van der Waals surface area contributed by atoms with E-state index in [1.807, 2.05) is 54.8 Å². The van der Waals surface area contributed by atoms with Gasteiger partial charge < -0.3 is 0 Å². The topological polar surface area (TPSA) is 39.3 Å². The van der Waals surface area contributed by atoms with Crippen molar-refractivity contribution in [1.82, 2.24) is 14.2 Å². The molecule has 4 rings (SSSR count). The molecule has 0 saturated heterocycles. The van der Waals surface area contributed by atoms with E-state index in [-0.39, 0.29) is 10.7 Å². The Morgan fingerprint density at radius 2 is 1.78 bits per heavy atom. The predicted molar refractivity (Wildman–Crippen MR) is 95.0 cm³/mol. The minimum absolute atomic E-state index is 0.164. The van der Waals surface area contributed by atoms with Gasteiger partial charge in [0.15, 0.2) is 0 Å². The zero-order valence-electron chi connectivity index (χ0n) is 12.6. The van der Waals surface area contributed by atoms with Gasteiger partial charge in [-0.3, -0.25) is 4.79 Å². The van der Waals surface area contributed by atoms with Crippen molar-refractivity contribution in [2.24, 2.45) is 0 Å². The second-order valence-corrected chi connectivity index (χ2v) is 6.92. The van der Waals surface area contributed by atoms with Crippen LogP contribution in [0.1, 0.15) is 21.5 Å². The maximum Gasteiger partial charge on any atom is 0.279 e. The highest BCUT2D eigenvalue weighted by Gasteiger charge is 2.18. The van der Waals surface area contributed by atoms with Crippen LogP contribution in [0.2, 0.25) is 0 Å². The molecule has 4 nitrogen and oxygen atoms in total. The Morgan fingerprint density at radius 1 is 1.09 bits per heavy atom. The number of thiazole rings is 1. The molecule has 0 unspecified atom stereocenters. The first-order valence-corrected chi connectivity index (χ1v) is 8.39. The van der Waals surface area contributed by atoms with Crippen LogP contribution < -0.4 is 0 Å². The number of hydrogen-bond acceptors (Lipinski definition) is 4. The van der Waals surface area contributed by atoms with Crippen molar-refractivity contribution in [3.8, 4) is 0 Å². The quantitative estimate of drug-likeness (QED) is 0.483. The number of rotatable bonds is 1. The number of aromatic nitrogens is 3. The first kappa shape index (κ1) is 14.3. The monoisotopic (exact) mass is 339 g/mol. The molecule has 6 heteroatoms. The standard InChI is InChI=1S/C17H13N3OS2/c1-10-3-6-12(7-4-10)15(21)20-16(22)18-17-19(20)13-8-5-11(2)9-14(13)23-17/h3-9H,1-2H3. The van der Waals surface area contributed by atoms with Gasteiger partial charge in [0.25, 0.3) is 5.91 Å². The largest absolute Gasteiger partial charge is 0.279 e. The fraction of sp³-hybridized carbons (Fsp3) is 0.118. The fourth-order valence-corrected chi connectivity index (χ4v) is 4.00. The van der Waals surface area contributed by atoms with Crippen LogP contribution in [0.15, 0.2) is 42.5 Å². The molecule has 2 aromatic carbocycles. The highest BCUT2D eigenvalue weighted by atomic mass is 32.1. The van der Waals surface area contributed by atoms with Gasteiger partial charge in [-0.25, -0.2) is 4.52 Å². The Balaban J connectivity index is 2.00. The van der Waals surface area contributed by atoms with Crippen molar-refractivity contribution < 1.29 is 4.79 Å². The second kappa shape index (κ2) is 5.11. The van der Waals surface area contributed by atoms with E-state index in [2.05, 4.69) is 11.1 Å². The lowest BCUT2D eigenvalue weighted by molar-refractivity contribution is 0.0939. The van der Waals surface area contributed by atoms with Crippen LogP contribution in [0.4, 0.5) is 0 Å². The number of benzene rings is 2. The van der Waals surface area contributed by atoms with Gasteiger partial charge in [-0.15, -0.1) is 0 Å². The summed E-state index contributed by atoms with van der Waals surface area (Å²) in [5.41, 5.74) is 3.83. The number of aryl methyl sites for hydroxylation is 2. The summed E-state index contributed by atoms with van der Waals surface area (Å²) in [7, 11) is 0. The van der Waals surface area contributed by atoms with Crippen molar-refractivity contribution in [3.63, 3.8) is 0 Å². The molecular weight excluding hydrogens is 326 g/mol. The van der Waals surface area contributed by atoms with Gasteiger partial charge in [-0.2, -0.15) is 9.67 Å². The maximum absolute atomic E-state index is 12.9. The average Bonchev–Trinajstić information content (AvgIpc) is 3.00. The van der Waals surface area contributed by atoms with Gasteiger partial charge >= 0.3 is 0 Å². The summed E-state index contributed by atoms with van der Waals surface area (Å²) in [6.07, 6.45) is 0. The van der Waals surface area contributed by atoms with Crippen molar-refractivity contribution in [2.45, 2.75) is 13.8 Å². The number of carbonyl (C=O) groups excluding carboxylic acids is 1. The van der Waals surface area contributed by atoms with Gasteiger partial charge in [0, 0.05) is 5.56 Å². The van der Waals surface area contributed by atoms with Gasteiger partial charge in [-0.05, 0) is 55.9 Å². The molecule has 0 aliphatic carbocycles. The molecule has 0 aliphatic rings. The smallest absolute Gasteiger partial charge is 0.267 e. The molecule has 0 aliphatic heterocycles. The summed E-state index contributed by atoms with van der Waals surface area (Å²) in [6, 6.07) is 13.6. The van der Waals surface area contributed by atoms with E-state index in [1.54, 1.807) is 0 Å². The van der Waals surface area contributed by atoms with E-state index in [1.165, 1.54) is 21.6 Å². The normalized spacial score (nSPS) is 11.4. The van der Waals surface area contributed by atoms with E-state index in [0.717, 1.165) is 20.7 Å². The summed E-state index contributed by atoms with van der Waals surface area (Å²) in [4.78, 5) is 18.0. The summed E-state index contributed by atoms with van der Waals surface area (Å²) in [5, 5.41) is 0. The van der Waals surface area contributed by atoms with E-state index in [9.17, 15) is 4.79 Å². The molecule has 0 saturated carbocycles. The molecule has 0 fully saturated rings. The highest BCUT2D eigenvalue weighted by molar-refractivity contribution is 7.71. The van der Waals surface area contributed by atoms with Crippen LogP contribution in [-0.2, 0) is 0 Å². The predicted octanol–water partition coefficient (Wildman–Crippen LogP) is 4.39. The minimum Gasteiger partial charge on any atom is -0.267 e. The van der Waals surface area contributed by atoms with Gasteiger partial charge in [0.1, 0.15) is 0 Å². The molecular formula is C17H13N3OS2. The second-order valence-electron chi connectivity index (χ2n) is 5.54. The molecule has 0 N–H and O–H groups in total. The molecule has 2 aromatic heterocycles. The number of hydrogen-bond donors (Lipinski definition) is 0. The van der Waals surface area contributed by atoms with E-state index in [4.69, 9.17) is 12.2 Å². The lowest BCUT2D eigenvalue weighted by Crippen LogP contribution is -2.17. The maximum atomic E-state index is 12.9. The molecule has 0 atom stereocenters. The minimum atomic E-state index is -0.164. The Bertz CT molecular complexity index is 1120. The summed E-state index contributed by atoms with van der Waals surface area (Å²) in [5.74, 6) is -0.164. The molecule has 0 spiro atoms. The first-order valence-electron chi connectivity index (χ1n) is 7.17. The Hall–Kier alpha value is -2.31. The van der Waals surface area contributed by atoms with Crippen LogP contribution in [0, 0.1) is 18.6 Å². The third kappa shape index (κ3) is 2.22. The molecule has 4 aromatic rings. The lowest BCUT2D eigenvalue weighted by Gasteiger charge is -2.05. The molecule has 0 radical (unpaired) electrons. The van der Waals surface area contributed by atoms with Gasteiger partial charge in [0.05, 0.1) is 10.2 Å².